The van der Waals surface area contributed by atoms with Crippen molar-refractivity contribution < 1.29 is 19.1 Å². The molecule has 3 heterocycles. The van der Waals surface area contributed by atoms with Gasteiger partial charge in [0.05, 0.1) is 36.3 Å². The minimum atomic E-state index is -0.640. The molecule has 9 heteroatoms. The Morgan fingerprint density at radius 3 is 2.24 bits per heavy atom. The normalized spacial score (nSPS) is 21.0. The van der Waals surface area contributed by atoms with Gasteiger partial charge in [0.15, 0.2) is 0 Å². The average molecular weight is 571 g/mol. The lowest BCUT2D eigenvalue weighted by molar-refractivity contribution is 0.0558. The monoisotopic (exact) mass is 570 g/mol. The molecule has 3 aliphatic rings. The van der Waals surface area contributed by atoms with E-state index in [2.05, 4.69) is 30.9 Å². The van der Waals surface area contributed by atoms with Gasteiger partial charge in [0.1, 0.15) is 11.9 Å². The molecule has 3 atom stereocenters. The van der Waals surface area contributed by atoms with E-state index in [1.165, 1.54) is 4.90 Å². The Bertz CT molecular complexity index is 1490. The Hall–Kier alpha value is -4.17. The van der Waals surface area contributed by atoms with E-state index in [-0.39, 0.29) is 42.9 Å². The summed E-state index contributed by atoms with van der Waals surface area (Å²) in [6, 6.07) is 24.2. The number of hydrogen-bond donors (Lipinski definition) is 0. The van der Waals surface area contributed by atoms with E-state index in [0.29, 0.717) is 29.2 Å². The Morgan fingerprint density at radius 1 is 0.902 bits per heavy atom. The number of ether oxygens (including phenoxy) is 1. The first-order valence-corrected chi connectivity index (χ1v) is 14.2. The predicted octanol–water partition coefficient (Wildman–Crippen LogP) is 5.44. The zero-order valence-electron chi connectivity index (χ0n) is 22.9. The van der Waals surface area contributed by atoms with Gasteiger partial charge in [-0.1, -0.05) is 80.0 Å². The molecule has 0 radical (unpaired) electrons. The van der Waals surface area contributed by atoms with Crippen LogP contribution in [0.2, 0.25) is 5.02 Å². The van der Waals surface area contributed by atoms with E-state index in [0.717, 1.165) is 17.0 Å². The van der Waals surface area contributed by atoms with Crippen LogP contribution in [0.4, 0.5) is 4.79 Å². The van der Waals surface area contributed by atoms with E-state index < -0.39 is 12.2 Å². The lowest BCUT2D eigenvalue weighted by Gasteiger charge is -2.34. The van der Waals surface area contributed by atoms with Gasteiger partial charge in [-0.15, -0.1) is 0 Å². The third-order valence-corrected chi connectivity index (χ3v) is 8.09. The predicted molar refractivity (Wildman–Crippen MR) is 156 cm³/mol. The number of fused-ring (bicyclic) bond motifs is 1. The average Bonchev–Trinajstić information content (AvgIpc) is 3.61. The quantitative estimate of drug-likeness (QED) is 0.337. The van der Waals surface area contributed by atoms with Crippen LogP contribution in [0.15, 0.2) is 83.9 Å². The fourth-order valence-electron chi connectivity index (χ4n) is 5.96. The lowest BCUT2D eigenvalue weighted by Crippen LogP contribution is -2.50. The number of amidine groups is 1. The Kier molecular flexibility index (Phi) is 7.26. The van der Waals surface area contributed by atoms with Crippen LogP contribution >= 0.6 is 11.6 Å². The van der Waals surface area contributed by atoms with Gasteiger partial charge in [-0.2, -0.15) is 0 Å². The van der Waals surface area contributed by atoms with Crippen molar-refractivity contribution in [3.05, 3.63) is 106 Å². The molecular weight excluding hydrogens is 540 g/mol. The SMILES string of the molecule is CC(C)[C@H](C1=NC(c2cccc(Cl)c2)CN1Cc1ccccc1)N1CC(CN2C(=O)c3ccccc3C2=O)OC1=O. The molecule has 6 rings (SSSR count). The lowest BCUT2D eigenvalue weighted by atomic mass is 10.00. The summed E-state index contributed by atoms with van der Waals surface area (Å²) in [5, 5.41) is 0.653. The molecule has 0 spiro atoms. The summed E-state index contributed by atoms with van der Waals surface area (Å²) in [6.07, 6.45) is -1.11. The number of aliphatic imine (C=N–C) groups is 1. The van der Waals surface area contributed by atoms with Crippen LogP contribution in [-0.4, -0.2) is 70.2 Å². The summed E-state index contributed by atoms with van der Waals surface area (Å²) in [4.78, 5) is 49.5. The fourth-order valence-corrected chi connectivity index (χ4v) is 6.16. The second-order valence-corrected chi connectivity index (χ2v) is 11.5. The molecule has 0 aliphatic carbocycles. The Balaban J connectivity index is 1.26. The fraction of sp³-hybridized carbons (Fsp3) is 0.312. The molecule has 2 unspecified atom stereocenters. The Morgan fingerprint density at radius 2 is 1.59 bits per heavy atom. The first-order chi connectivity index (χ1) is 19.8. The molecule has 210 valence electrons. The summed E-state index contributed by atoms with van der Waals surface area (Å²) in [7, 11) is 0. The van der Waals surface area contributed by atoms with Crippen molar-refractivity contribution in [3.8, 4) is 0 Å². The van der Waals surface area contributed by atoms with Crippen molar-refractivity contribution >= 4 is 35.3 Å². The number of carbonyl (C=O) groups is 3. The number of carbonyl (C=O) groups excluding carboxylic acids is 3. The van der Waals surface area contributed by atoms with Crippen molar-refractivity contribution in [3.63, 3.8) is 0 Å². The standard InChI is InChI=1S/C32H31ClN4O4/c1-20(2)28(36-17-24(41-32(36)40)18-37-30(38)25-13-6-7-14-26(25)31(37)39)29-34-27(22-11-8-12-23(33)15-22)19-35(29)16-21-9-4-3-5-10-21/h3-15,20,24,27-28H,16-19H2,1-2H3/t24?,27?,28-/m1/s1. The van der Waals surface area contributed by atoms with Crippen LogP contribution in [0.5, 0.6) is 0 Å². The van der Waals surface area contributed by atoms with Crippen molar-refractivity contribution in [2.75, 3.05) is 19.6 Å². The van der Waals surface area contributed by atoms with Gasteiger partial charge >= 0.3 is 6.09 Å². The number of cyclic esters (lactones) is 1. The van der Waals surface area contributed by atoms with E-state index in [1.807, 2.05) is 42.5 Å². The number of nitrogens with zero attached hydrogens (tertiary/aromatic N) is 4. The number of halogens is 1. The number of benzene rings is 3. The summed E-state index contributed by atoms with van der Waals surface area (Å²) in [5.41, 5.74) is 2.91. The van der Waals surface area contributed by atoms with Crippen LogP contribution in [-0.2, 0) is 11.3 Å². The highest BCUT2D eigenvalue weighted by molar-refractivity contribution is 6.30. The Labute approximate surface area is 244 Å². The number of imide groups is 1. The van der Waals surface area contributed by atoms with Crippen LogP contribution < -0.4 is 0 Å². The topological polar surface area (TPSA) is 82.5 Å². The number of hydrogen-bond acceptors (Lipinski definition) is 6. The molecule has 41 heavy (non-hydrogen) atoms. The van der Waals surface area contributed by atoms with E-state index in [1.54, 1.807) is 29.2 Å². The van der Waals surface area contributed by atoms with Crippen LogP contribution in [0.25, 0.3) is 0 Å². The number of amides is 3. The van der Waals surface area contributed by atoms with Gasteiger partial charge in [-0.3, -0.25) is 24.4 Å². The van der Waals surface area contributed by atoms with Gasteiger partial charge in [0, 0.05) is 18.1 Å². The molecule has 8 nitrogen and oxygen atoms in total. The van der Waals surface area contributed by atoms with Crippen LogP contribution in [0, 0.1) is 5.92 Å². The maximum absolute atomic E-state index is 13.3. The van der Waals surface area contributed by atoms with Crippen molar-refractivity contribution in [2.45, 2.75) is 38.6 Å². The highest BCUT2D eigenvalue weighted by atomic mass is 35.5. The van der Waals surface area contributed by atoms with Crippen molar-refractivity contribution in [1.82, 2.24) is 14.7 Å². The van der Waals surface area contributed by atoms with E-state index in [9.17, 15) is 14.4 Å². The van der Waals surface area contributed by atoms with E-state index >= 15 is 0 Å². The largest absolute Gasteiger partial charge is 0.442 e. The minimum absolute atomic E-state index is 0.00471. The second kappa shape index (κ2) is 11.0. The summed E-state index contributed by atoms with van der Waals surface area (Å²) >= 11 is 6.31. The molecule has 0 N–H and O–H groups in total. The molecule has 0 saturated carbocycles. The number of rotatable bonds is 8. The molecule has 1 saturated heterocycles. The van der Waals surface area contributed by atoms with Crippen LogP contribution in [0.1, 0.15) is 51.7 Å². The summed E-state index contributed by atoms with van der Waals surface area (Å²) < 4.78 is 5.75. The molecule has 3 aromatic carbocycles. The summed E-state index contributed by atoms with van der Waals surface area (Å²) in [6.45, 7) is 5.66. The van der Waals surface area contributed by atoms with Crippen LogP contribution in [0.3, 0.4) is 0 Å². The van der Waals surface area contributed by atoms with Gasteiger partial charge in [-0.25, -0.2) is 4.79 Å². The maximum Gasteiger partial charge on any atom is 0.410 e. The third-order valence-electron chi connectivity index (χ3n) is 7.85. The zero-order valence-corrected chi connectivity index (χ0v) is 23.7. The molecule has 1 fully saturated rings. The molecule has 0 bridgehead atoms. The van der Waals surface area contributed by atoms with Crippen molar-refractivity contribution in [1.29, 1.82) is 0 Å². The first kappa shape index (κ1) is 27.0. The second-order valence-electron chi connectivity index (χ2n) is 11.0. The van der Waals surface area contributed by atoms with Gasteiger partial charge in [0.25, 0.3) is 11.8 Å². The molecule has 3 aliphatic heterocycles. The maximum atomic E-state index is 13.3. The molecule has 3 amide bonds. The first-order valence-electron chi connectivity index (χ1n) is 13.8. The van der Waals surface area contributed by atoms with Gasteiger partial charge < -0.3 is 9.64 Å². The van der Waals surface area contributed by atoms with Crippen molar-refractivity contribution in [2.24, 2.45) is 10.9 Å². The highest BCUT2D eigenvalue weighted by Crippen LogP contribution is 2.33. The van der Waals surface area contributed by atoms with Gasteiger partial charge in [-0.05, 0) is 41.3 Å². The smallest absolute Gasteiger partial charge is 0.410 e. The zero-order chi connectivity index (χ0) is 28.7. The van der Waals surface area contributed by atoms with E-state index in [4.69, 9.17) is 21.3 Å². The molecule has 0 aromatic heterocycles. The summed E-state index contributed by atoms with van der Waals surface area (Å²) in [5.74, 6) is 0.112. The molecule has 3 aromatic rings. The highest BCUT2D eigenvalue weighted by Gasteiger charge is 2.45. The minimum Gasteiger partial charge on any atom is -0.442 e. The van der Waals surface area contributed by atoms with Gasteiger partial charge in [0.2, 0.25) is 0 Å². The molecular formula is C32H31ClN4O4. The third kappa shape index (κ3) is 5.20.